The van der Waals surface area contributed by atoms with E-state index in [-0.39, 0.29) is 5.97 Å². The minimum atomic E-state index is -0.640. The Kier molecular flexibility index (Phi) is 2.84. The zero-order valence-electron chi connectivity index (χ0n) is 10.2. The Bertz CT molecular complexity index is 561. The molecule has 1 aromatic carbocycles. The van der Waals surface area contributed by atoms with Crippen molar-refractivity contribution in [2.24, 2.45) is 0 Å². The second kappa shape index (κ2) is 4.17. The third-order valence-electron chi connectivity index (χ3n) is 3.02. The lowest BCUT2D eigenvalue weighted by Crippen LogP contribution is -2.30. The van der Waals surface area contributed by atoms with E-state index in [2.05, 4.69) is 4.98 Å². The lowest BCUT2D eigenvalue weighted by atomic mass is 9.84. The summed E-state index contributed by atoms with van der Waals surface area (Å²) >= 11 is 0. The SMILES string of the molecule is COC(=O)C(C)(C)c1ccc2ncccc2c1. The summed E-state index contributed by atoms with van der Waals surface area (Å²) in [5.41, 5.74) is 1.22. The third kappa shape index (κ3) is 2.00. The molecule has 1 aromatic heterocycles. The standard InChI is InChI=1S/C14H15NO2/c1-14(2,13(16)17-3)11-6-7-12-10(9-11)5-4-8-15-12/h4-9H,1-3H3. The lowest BCUT2D eigenvalue weighted by Gasteiger charge is -2.22. The van der Waals surface area contributed by atoms with Gasteiger partial charge in [0.1, 0.15) is 0 Å². The minimum Gasteiger partial charge on any atom is -0.468 e. The summed E-state index contributed by atoms with van der Waals surface area (Å²) in [5.74, 6) is -0.235. The number of rotatable bonds is 2. The highest BCUT2D eigenvalue weighted by molar-refractivity contribution is 5.85. The van der Waals surface area contributed by atoms with E-state index < -0.39 is 5.41 Å². The molecule has 0 unspecified atom stereocenters. The molecule has 0 fully saturated rings. The molecule has 17 heavy (non-hydrogen) atoms. The Morgan fingerprint density at radius 2 is 2.06 bits per heavy atom. The van der Waals surface area contributed by atoms with Gasteiger partial charge in [-0.25, -0.2) is 0 Å². The largest absolute Gasteiger partial charge is 0.468 e. The van der Waals surface area contributed by atoms with Gasteiger partial charge in [-0.2, -0.15) is 0 Å². The van der Waals surface area contributed by atoms with Gasteiger partial charge in [-0.3, -0.25) is 9.78 Å². The van der Waals surface area contributed by atoms with Crippen LogP contribution in [0.15, 0.2) is 36.5 Å². The van der Waals surface area contributed by atoms with Crippen molar-refractivity contribution in [1.29, 1.82) is 0 Å². The lowest BCUT2D eigenvalue weighted by molar-refractivity contribution is -0.146. The van der Waals surface area contributed by atoms with Crippen LogP contribution in [0.2, 0.25) is 0 Å². The third-order valence-corrected chi connectivity index (χ3v) is 3.02. The molecule has 0 N–H and O–H groups in total. The van der Waals surface area contributed by atoms with Crippen LogP contribution in [-0.4, -0.2) is 18.1 Å². The molecule has 0 atom stereocenters. The number of benzene rings is 1. The van der Waals surface area contributed by atoms with Gasteiger partial charge in [0.05, 0.1) is 18.0 Å². The first-order chi connectivity index (χ1) is 8.05. The van der Waals surface area contributed by atoms with E-state index in [0.717, 1.165) is 16.5 Å². The van der Waals surface area contributed by atoms with Crippen LogP contribution in [-0.2, 0) is 14.9 Å². The monoisotopic (exact) mass is 229 g/mol. The average Bonchev–Trinajstić information content (AvgIpc) is 2.37. The Morgan fingerprint density at radius 3 is 2.76 bits per heavy atom. The van der Waals surface area contributed by atoms with Crippen molar-refractivity contribution in [2.75, 3.05) is 7.11 Å². The van der Waals surface area contributed by atoms with Gasteiger partial charge in [0.2, 0.25) is 0 Å². The molecule has 2 aromatic rings. The zero-order valence-corrected chi connectivity index (χ0v) is 10.2. The van der Waals surface area contributed by atoms with Crippen LogP contribution < -0.4 is 0 Å². The van der Waals surface area contributed by atoms with E-state index in [4.69, 9.17) is 4.74 Å². The number of methoxy groups -OCH3 is 1. The van der Waals surface area contributed by atoms with Gasteiger partial charge in [-0.1, -0.05) is 12.1 Å². The highest BCUT2D eigenvalue weighted by Crippen LogP contribution is 2.27. The first-order valence-electron chi connectivity index (χ1n) is 5.49. The van der Waals surface area contributed by atoms with Gasteiger partial charge in [-0.15, -0.1) is 0 Å². The molecule has 0 amide bonds. The number of pyridine rings is 1. The van der Waals surface area contributed by atoms with Crippen LogP contribution in [0.5, 0.6) is 0 Å². The Balaban J connectivity index is 2.53. The molecule has 0 aliphatic rings. The van der Waals surface area contributed by atoms with Gasteiger partial charge >= 0.3 is 5.97 Å². The van der Waals surface area contributed by atoms with Gasteiger partial charge in [0.25, 0.3) is 0 Å². The predicted octanol–water partition coefficient (Wildman–Crippen LogP) is 2.69. The molecule has 2 rings (SSSR count). The summed E-state index contributed by atoms with van der Waals surface area (Å²) in [5, 5.41) is 1.03. The molecule has 0 aliphatic heterocycles. The molecule has 0 spiro atoms. The van der Waals surface area contributed by atoms with Gasteiger partial charge in [-0.05, 0) is 37.6 Å². The van der Waals surface area contributed by atoms with Crippen LogP contribution in [0.3, 0.4) is 0 Å². The first kappa shape index (κ1) is 11.6. The summed E-state index contributed by atoms with van der Waals surface area (Å²) in [6, 6.07) is 9.71. The number of aromatic nitrogens is 1. The second-order valence-electron chi connectivity index (χ2n) is 4.53. The van der Waals surface area contributed by atoms with Crippen molar-refractivity contribution < 1.29 is 9.53 Å². The van der Waals surface area contributed by atoms with Crippen molar-refractivity contribution in [1.82, 2.24) is 4.98 Å². The molecule has 0 bridgehead atoms. The fourth-order valence-corrected chi connectivity index (χ4v) is 1.84. The van der Waals surface area contributed by atoms with E-state index in [1.807, 2.05) is 44.2 Å². The molecular weight excluding hydrogens is 214 g/mol. The molecule has 1 heterocycles. The first-order valence-corrected chi connectivity index (χ1v) is 5.49. The maximum atomic E-state index is 11.7. The zero-order chi connectivity index (χ0) is 12.5. The summed E-state index contributed by atoms with van der Waals surface area (Å²) in [4.78, 5) is 16.0. The van der Waals surface area contributed by atoms with Crippen molar-refractivity contribution in [3.05, 3.63) is 42.1 Å². The smallest absolute Gasteiger partial charge is 0.315 e. The topological polar surface area (TPSA) is 39.2 Å². The van der Waals surface area contributed by atoms with E-state index in [9.17, 15) is 4.79 Å². The average molecular weight is 229 g/mol. The number of nitrogens with zero attached hydrogens (tertiary/aromatic N) is 1. The maximum absolute atomic E-state index is 11.7. The molecule has 3 heteroatoms. The van der Waals surface area contributed by atoms with Crippen LogP contribution in [0.25, 0.3) is 10.9 Å². The molecule has 0 aliphatic carbocycles. The van der Waals surface area contributed by atoms with Crippen LogP contribution in [0, 0.1) is 0 Å². The highest BCUT2D eigenvalue weighted by Gasteiger charge is 2.30. The predicted molar refractivity (Wildman–Crippen MR) is 66.8 cm³/mol. The van der Waals surface area contributed by atoms with E-state index in [1.165, 1.54) is 7.11 Å². The summed E-state index contributed by atoms with van der Waals surface area (Å²) < 4.78 is 4.83. The summed E-state index contributed by atoms with van der Waals surface area (Å²) in [7, 11) is 1.41. The number of hydrogen-bond acceptors (Lipinski definition) is 3. The normalized spacial score (nSPS) is 11.5. The maximum Gasteiger partial charge on any atom is 0.315 e. The Labute approximate surface area is 100 Å². The quantitative estimate of drug-likeness (QED) is 0.743. The van der Waals surface area contributed by atoms with E-state index in [0.29, 0.717) is 0 Å². The van der Waals surface area contributed by atoms with Gasteiger partial charge in [0, 0.05) is 11.6 Å². The molecule has 0 radical (unpaired) electrons. The Morgan fingerprint density at radius 1 is 1.29 bits per heavy atom. The van der Waals surface area contributed by atoms with Gasteiger partial charge < -0.3 is 4.74 Å². The Hall–Kier alpha value is -1.90. The fourth-order valence-electron chi connectivity index (χ4n) is 1.84. The molecular formula is C14H15NO2. The van der Waals surface area contributed by atoms with Gasteiger partial charge in [0.15, 0.2) is 0 Å². The minimum absolute atomic E-state index is 0.235. The van der Waals surface area contributed by atoms with Crippen molar-refractivity contribution in [3.63, 3.8) is 0 Å². The molecule has 0 saturated heterocycles. The van der Waals surface area contributed by atoms with Crippen LogP contribution >= 0.6 is 0 Å². The highest BCUT2D eigenvalue weighted by atomic mass is 16.5. The molecule has 3 nitrogen and oxygen atoms in total. The van der Waals surface area contributed by atoms with Crippen LogP contribution in [0.1, 0.15) is 19.4 Å². The second-order valence-corrected chi connectivity index (χ2v) is 4.53. The number of carbonyl (C=O) groups is 1. The number of carbonyl (C=O) groups excluding carboxylic acids is 1. The van der Waals surface area contributed by atoms with Crippen molar-refractivity contribution in [2.45, 2.75) is 19.3 Å². The summed E-state index contributed by atoms with van der Waals surface area (Å²) in [6.07, 6.45) is 1.76. The number of hydrogen-bond donors (Lipinski definition) is 0. The number of esters is 1. The fraction of sp³-hybridized carbons (Fsp3) is 0.286. The number of ether oxygens (including phenoxy) is 1. The summed E-state index contributed by atoms with van der Waals surface area (Å²) in [6.45, 7) is 3.72. The molecule has 0 saturated carbocycles. The van der Waals surface area contributed by atoms with Crippen LogP contribution in [0.4, 0.5) is 0 Å². The van der Waals surface area contributed by atoms with E-state index in [1.54, 1.807) is 6.20 Å². The van der Waals surface area contributed by atoms with E-state index >= 15 is 0 Å². The van der Waals surface area contributed by atoms with Crippen molar-refractivity contribution in [3.8, 4) is 0 Å². The molecule has 88 valence electrons. The van der Waals surface area contributed by atoms with Crippen molar-refractivity contribution >= 4 is 16.9 Å². The number of fused-ring (bicyclic) bond motifs is 1.